The highest BCUT2D eigenvalue weighted by atomic mass is 35.5. The van der Waals surface area contributed by atoms with E-state index in [1.54, 1.807) is 24.5 Å². The van der Waals surface area contributed by atoms with Crippen molar-refractivity contribution in [3.8, 4) is 5.88 Å². The smallest absolute Gasteiger partial charge is 0.235 e. The first-order valence-corrected chi connectivity index (χ1v) is 6.53. The van der Waals surface area contributed by atoms with Gasteiger partial charge in [0.05, 0.1) is 5.02 Å². The Hall–Kier alpha value is -0.970. The first-order chi connectivity index (χ1) is 8.20. The number of halogens is 2. The third-order valence-corrected chi connectivity index (χ3v) is 3.47. The molecule has 0 aliphatic heterocycles. The Kier molecular flexibility index (Phi) is 4.10. The van der Waals surface area contributed by atoms with Crippen molar-refractivity contribution in [2.24, 2.45) is 0 Å². The molecule has 6 heteroatoms. The van der Waals surface area contributed by atoms with Gasteiger partial charge in [0.2, 0.25) is 5.88 Å². The number of rotatable bonds is 4. The minimum Gasteiger partial charge on any atom is -0.471 e. The van der Waals surface area contributed by atoms with Crippen molar-refractivity contribution in [1.82, 2.24) is 4.98 Å². The first-order valence-electron chi connectivity index (χ1n) is 4.89. The summed E-state index contributed by atoms with van der Waals surface area (Å²) in [4.78, 5) is 5.31. The Balaban J connectivity index is 2.15. The maximum Gasteiger partial charge on any atom is 0.235 e. The number of hydrogen-bond acceptors (Lipinski definition) is 4. The van der Waals surface area contributed by atoms with Crippen molar-refractivity contribution in [2.45, 2.75) is 6.61 Å². The number of anilines is 1. The fraction of sp³-hybridized carbons (Fsp3) is 0.182. The van der Waals surface area contributed by atoms with Crippen LogP contribution in [0.2, 0.25) is 10.0 Å². The molecule has 2 heterocycles. The molecule has 2 rings (SSSR count). The summed E-state index contributed by atoms with van der Waals surface area (Å²) < 4.78 is 5.55. The van der Waals surface area contributed by atoms with Gasteiger partial charge in [0, 0.05) is 11.9 Å². The standard InChI is InChI=1S/C11H10Cl2N2OS/c1-14-10-8(12)5-9(13)11(15-10)16-6-7-3-2-4-17-7/h2-5H,6H2,1H3,(H,14,15). The van der Waals surface area contributed by atoms with E-state index in [-0.39, 0.29) is 0 Å². The molecule has 0 radical (unpaired) electrons. The van der Waals surface area contributed by atoms with Crippen LogP contribution in [0.15, 0.2) is 23.6 Å². The van der Waals surface area contributed by atoms with Gasteiger partial charge in [-0.15, -0.1) is 11.3 Å². The molecule has 0 aromatic carbocycles. The molecule has 0 fully saturated rings. The zero-order chi connectivity index (χ0) is 12.3. The second-order valence-electron chi connectivity index (χ2n) is 3.22. The molecule has 0 atom stereocenters. The summed E-state index contributed by atoms with van der Waals surface area (Å²) in [5, 5.41) is 5.75. The second-order valence-corrected chi connectivity index (χ2v) is 5.07. The van der Waals surface area contributed by atoms with Gasteiger partial charge in [-0.1, -0.05) is 29.3 Å². The Labute approximate surface area is 113 Å². The van der Waals surface area contributed by atoms with Gasteiger partial charge in [0.15, 0.2) is 0 Å². The Morgan fingerprint density at radius 1 is 1.41 bits per heavy atom. The van der Waals surface area contributed by atoms with Gasteiger partial charge in [0.25, 0.3) is 0 Å². The number of nitrogens with zero attached hydrogens (tertiary/aromatic N) is 1. The summed E-state index contributed by atoms with van der Waals surface area (Å²) in [6, 6.07) is 5.58. The number of ether oxygens (including phenoxy) is 1. The van der Waals surface area contributed by atoms with Crippen LogP contribution in [0.4, 0.5) is 5.82 Å². The van der Waals surface area contributed by atoms with Crippen LogP contribution in [0.25, 0.3) is 0 Å². The van der Waals surface area contributed by atoms with Crippen molar-refractivity contribution in [3.05, 3.63) is 38.5 Å². The monoisotopic (exact) mass is 288 g/mol. The maximum atomic E-state index is 6.00. The van der Waals surface area contributed by atoms with E-state index in [4.69, 9.17) is 27.9 Å². The van der Waals surface area contributed by atoms with Crippen molar-refractivity contribution in [2.75, 3.05) is 12.4 Å². The average Bonchev–Trinajstić information content (AvgIpc) is 2.81. The van der Waals surface area contributed by atoms with Crippen LogP contribution in [0.5, 0.6) is 5.88 Å². The summed E-state index contributed by atoms with van der Waals surface area (Å²) in [6.07, 6.45) is 0. The predicted octanol–water partition coefficient (Wildman–Crippen LogP) is 4.07. The van der Waals surface area contributed by atoms with Gasteiger partial charge >= 0.3 is 0 Å². The van der Waals surface area contributed by atoms with Gasteiger partial charge in [-0.3, -0.25) is 0 Å². The molecular formula is C11H10Cl2N2OS. The molecule has 2 aromatic heterocycles. The zero-order valence-corrected chi connectivity index (χ0v) is 11.4. The van der Waals surface area contributed by atoms with Crippen LogP contribution in [-0.4, -0.2) is 12.0 Å². The average molecular weight is 289 g/mol. The maximum absolute atomic E-state index is 6.00. The zero-order valence-electron chi connectivity index (χ0n) is 9.04. The lowest BCUT2D eigenvalue weighted by Crippen LogP contribution is -2.00. The van der Waals surface area contributed by atoms with Crippen LogP contribution in [0.3, 0.4) is 0 Å². The molecule has 1 N–H and O–H groups in total. The summed E-state index contributed by atoms with van der Waals surface area (Å²) in [6.45, 7) is 0.454. The summed E-state index contributed by atoms with van der Waals surface area (Å²) >= 11 is 13.6. The summed E-state index contributed by atoms with van der Waals surface area (Å²) in [5.74, 6) is 0.936. The number of hydrogen-bond donors (Lipinski definition) is 1. The molecular weight excluding hydrogens is 279 g/mol. The van der Waals surface area contributed by atoms with Crippen LogP contribution in [0.1, 0.15) is 4.88 Å². The molecule has 0 aliphatic rings. The van der Waals surface area contributed by atoms with Crippen molar-refractivity contribution in [1.29, 1.82) is 0 Å². The first kappa shape index (κ1) is 12.5. The van der Waals surface area contributed by atoms with E-state index in [9.17, 15) is 0 Å². The topological polar surface area (TPSA) is 34.2 Å². The van der Waals surface area contributed by atoms with E-state index in [0.717, 1.165) is 4.88 Å². The number of thiophene rings is 1. The molecule has 0 amide bonds. The lowest BCUT2D eigenvalue weighted by Gasteiger charge is -2.09. The molecule has 90 valence electrons. The fourth-order valence-electron chi connectivity index (χ4n) is 1.26. The molecule has 17 heavy (non-hydrogen) atoms. The molecule has 0 saturated carbocycles. The Morgan fingerprint density at radius 3 is 2.88 bits per heavy atom. The van der Waals surface area contributed by atoms with Gasteiger partial charge < -0.3 is 10.1 Å². The quantitative estimate of drug-likeness (QED) is 0.921. The highest BCUT2D eigenvalue weighted by Crippen LogP contribution is 2.31. The lowest BCUT2D eigenvalue weighted by molar-refractivity contribution is 0.298. The molecule has 0 unspecified atom stereocenters. The summed E-state index contributed by atoms with van der Waals surface area (Å²) in [5.41, 5.74) is 0. The van der Waals surface area contributed by atoms with Crippen molar-refractivity contribution < 1.29 is 4.74 Å². The number of pyridine rings is 1. The van der Waals surface area contributed by atoms with Crippen LogP contribution >= 0.6 is 34.5 Å². The van der Waals surface area contributed by atoms with Gasteiger partial charge in [-0.2, -0.15) is 4.98 Å². The largest absolute Gasteiger partial charge is 0.471 e. The van der Waals surface area contributed by atoms with Crippen molar-refractivity contribution >= 4 is 40.4 Å². The minimum atomic E-state index is 0.383. The van der Waals surface area contributed by atoms with Crippen LogP contribution in [-0.2, 0) is 6.61 Å². The third kappa shape index (κ3) is 3.03. The van der Waals surface area contributed by atoms with Crippen molar-refractivity contribution in [3.63, 3.8) is 0 Å². The molecule has 0 saturated heterocycles. The normalized spacial score (nSPS) is 10.3. The van der Waals surface area contributed by atoms with E-state index >= 15 is 0 Å². The third-order valence-electron chi connectivity index (χ3n) is 2.07. The van der Waals surface area contributed by atoms with Crippen LogP contribution in [0, 0.1) is 0 Å². The highest BCUT2D eigenvalue weighted by molar-refractivity contribution is 7.09. The van der Waals surface area contributed by atoms with E-state index in [2.05, 4.69) is 10.3 Å². The second kappa shape index (κ2) is 5.58. The number of nitrogens with one attached hydrogen (secondary N) is 1. The molecule has 0 bridgehead atoms. The van der Waals surface area contributed by atoms with Gasteiger partial charge in [-0.25, -0.2) is 0 Å². The highest BCUT2D eigenvalue weighted by Gasteiger charge is 2.09. The Morgan fingerprint density at radius 2 is 2.24 bits per heavy atom. The minimum absolute atomic E-state index is 0.383. The SMILES string of the molecule is CNc1nc(OCc2cccs2)c(Cl)cc1Cl. The molecule has 2 aromatic rings. The molecule has 3 nitrogen and oxygen atoms in total. The lowest BCUT2D eigenvalue weighted by atomic mass is 10.4. The van der Waals surface area contributed by atoms with E-state index in [0.29, 0.717) is 28.3 Å². The Bertz CT molecular complexity index is 502. The van der Waals surface area contributed by atoms with Gasteiger partial charge in [-0.05, 0) is 17.5 Å². The van der Waals surface area contributed by atoms with E-state index in [1.165, 1.54) is 0 Å². The van der Waals surface area contributed by atoms with E-state index < -0.39 is 0 Å². The predicted molar refractivity (Wildman–Crippen MR) is 72.5 cm³/mol. The van der Waals surface area contributed by atoms with E-state index in [1.807, 2.05) is 17.5 Å². The molecule has 0 aliphatic carbocycles. The fourth-order valence-corrected chi connectivity index (χ4v) is 2.38. The van der Waals surface area contributed by atoms with Gasteiger partial charge in [0.1, 0.15) is 17.4 Å². The summed E-state index contributed by atoms with van der Waals surface area (Å²) in [7, 11) is 1.74. The number of aromatic nitrogens is 1. The molecule has 0 spiro atoms. The van der Waals surface area contributed by atoms with Crippen LogP contribution < -0.4 is 10.1 Å².